The molecule has 0 saturated carbocycles. The second kappa shape index (κ2) is 20.5. The normalized spacial score (nSPS) is 12.3. The van der Waals surface area contributed by atoms with E-state index < -0.39 is 49.4 Å². The van der Waals surface area contributed by atoms with Gasteiger partial charge in [-0.3, -0.25) is 0 Å². The number of aromatic amines is 1. The molecule has 0 saturated heterocycles. The number of amides is 1. The van der Waals surface area contributed by atoms with E-state index in [4.69, 9.17) is 29.0 Å². The summed E-state index contributed by atoms with van der Waals surface area (Å²) >= 11 is 0. The van der Waals surface area contributed by atoms with Crippen molar-refractivity contribution in [3.05, 3.63) is 126 Å². The van der Waals surface area contributed by atoms with Gasteiger partial charge in [-0.25, -0.2) is 26.6 Å². The number of benzene rings is 5. The van der Waals surface area contributed by atoms with Crippen molar-refractivity contribution in [2.75, 3.05) is 27.1 Å². The molecule has 0 spiro atoms. The number of carbonyl (C=O) groups excluding carboxylic acids is 1. The summed E-state index contributed by atoms with van der Waals surface area (Å²) in [5.41, 5.74) is 2.92. The number of nitrogens with one attached hydrogen (secondary N) is 2. The summed E-state index contributed by atoms with van der Waals surface area (Å²) < 4.78 is 85.1. The Hall–Kier alpha value is -6.61. The largest absolute Gasteiger partial charge is 0.497 e. The smallest absolute Gasteiger partial charge is 0.408 e. The number of para-hydroxylation sites is 1. The van der Waals surface area contributed by atoms with Gasteiger partial charge in [0.25, 0.3) is 0 Å². The number of alkyl carbamates (subject to hydrolysis) is 1. The van der Waals surface area contributed by atoms with E-state index in [1.54, 1.807) is 127 Å². The van der Waals surface area contributed by atoms with Gasteiger partial charge in [0.05, 0.1) is 61.7 Å². The summed E-state index contributed by atoms with van der Waals surface area (Å²) in [5, 5.41) is 16.4. The first kappa shape index (κ1) is 50.3. The van der Waals surface area contributed by atoms with Crippen LogP contribution in [0.1, 0.15) is 43.3 Å². The van der Waals surface area contributed by atoms with Crippen LogP contribution in [0.5, 0.6) is 17.2 Å². The highest BCUT2D eigenvalue weighted by Gasteiger charge is 2.38. The highest BCUT2D eigenvalue weighted by Crippen LogP contribution is 2.43. The molecule has 0 aliphatic carbocycles. The highest BCUT2D eigenvalue weighted by atomic mass is 32.2. The fourth-order valence-electron chi connectivity index (χ4n) is 7.44. The molecule has 0 unspecified atom stereocenters. The number of imidazole rings is 1. The van der Waals surface area contributed by atoms with Gasteiger partial charge in [0.2, 0.25) is 15.8 Å². The van der Waals surface area contributed by atoms with Crippen molar-refractivity contribution < 1.29 is 40.6 Å². The first-order valence-corrected chi connectivity index (χ1v) is 29.0. The maximum atomic E-state index is 16.2. The van der Waals surface area contributed by atoms with Crippen molar-refractivity contribution in [2.45, 2.75) is 88.0 Å². The number of hydrogen-bond donors (Lipinski definition) is 2. The topological polar surface area (TPSA) is 210 Å². The van der Waals surface area contributed by atoms with E-state index in [-0.39, 0.29) is 48.9 Å². The third kappa shape index (κ3) is 12.4. The van der Waals surface area contributed by atoms with Gasteiger partial charge in [-0.15, -0.1) is 10.2 Å². The summed E-state index contributed by atoms with van der Waals surface area (Å²) in [6, 6.07) is 29.9. The molecular formula is C49H58N8O9S2Si. The standard InChI is InChI=1S/C49H58N8O9S2Si/c1-49(2,3)66-48(58)50-29-43-51-41-12-10-11-40(45(41)52-43)39-25-26-42(67(59,60)27-28-69(7,8)9)46(44(39)47-53-55-57(54-47)32-35-17-23-38(65-6)24-18-35)68(61,62)56(30-33-13-19-36(63-4)20-14-33)31-34-15-21-37(64-5)22-16-34/h10-26H,27-32H2,1-9H3,(H,50,58)(H,51,52). The number of tetrazole rings is 1. The van der Waals surface area contributed by atoms with Crippen LogP contribution < -0.4 is 19.5 Å². The van der Waals surface area contributed by atoms with Crippen molar-refractivity contribution in [1.82, 2.24) is 39.8 Å². The molecule has 69 heavy (non-hydrogen) atoms. The van der Waals surface area contributed by atoms with Crippen LogP contribution in [0.25, 0.3) is 33.5 Å². The molecule has 0 atom stereocenters. The molecule has 364 valence electrons. The van der Waals surface area contributed by atoms with Gasteiger partial charge in [0.1, 0.15) is 33.6 Å². The molecule has 0 radical (unpaired) electrons. The fourth-order valence-corrected chi connectivity index (χ4v) is 14.2. The number of methoxy groups -OCH3 is 3. The van der Waals surface area contributed by atoms with Gasteiger partial charge in [0, 0.05) is 26.7 Å². The molecule has 5 aromatic carbocycles. The minimum absolute atomic E-state index is 0.0171. The summed E-state index contributed by atoms with van der Waals surface area (Å²) in [4.78, 5) is 21.2. The Bertz CT molecular complexity index is 3100. The van der Waals surface area contributed by atoms with Crippen LogP contribution in [-0.2, 0) is 50.8 Å². The zero-order chi connectivity index (χ0) is 49.7. The first-order valence-electron chi connectivity index (χ1n) is 22.2. The minimum atomic E-state index is -4.86. The molecule has 0 aliphatic rings. The first-order chi connectivity index (χ1) is 32.7. The quantitative estimate of drug-likeness (QED) is 0.0730. The Kier molecular flexibility index (Phi) is 15.0. The Balaban J connectivity index is 1.49. The summed E-state index contributed by atoms with van der Waals surface area (Å²) in [5.74, 6) is 1.78. The van der Waals surface area contributed by atoms with Crippen LogP contribution in [-0.4, -0.2) is 98.2 Å². The van der Waals surface area contributed by atoms with Gasteiger partial charge in [-0.1, -0.05) is 74.2 Å². The number of aromatic nitrogens is 6. The molecule has 20 heteroatoms. The van der Waals surface area contributed by atoms with Gasteiger partial charge in [-0.05, 0) is 103 Å². The van der Waals surface area contributed by atoms with E-state index in [1.165, 1.54) is 15.2 Å². The average molecular weight is 995 g/mol. The fraction of sp³-hybridized carbons (Fsp3) is 0.327. The highest BCUT2D eigenvalue weighted by molar-refractivity contribution is 7.93. The van der Waals surface area contributed by atoms with Crippen LogP contribution in [0.2, 0.25) is 25.7 Å². The number of carbonyl (C=O) groups is 1. The van der Waals surface area contributed by atoms with Crippen LogP contribution in [0.4, 0.5) is 4.79 Å². The molecule has 2 aromatic heterocycles. The molecule has 2 heterocycles. The molecule has 7 aromatic rings. The zero-order valence-electron chi connectivity index (χ0n) is 40.2. The molecule has 7 rings (SSSR count). The van der Waals surface area contributed by atoms with Crippen molar-refractivity contribution in [3.63, 3.8) is 0 Å². The van der Waals surface area contributed by atoms with Gasteiger partial charge in [0.15, 0.2) is 9.84 Å². The number of sulfonamides is 1. The van der Waals surface area contributed by atoms with Crippen LogP contribution in [0.3, 0.4) is 0 Å². The molecular weight excluding hydrogens is 937 g/mol. The van der Waals surface area contributed by atoms with E-state index in [1.807, 2.05) is 12.1 Å². The van der Waals surface area contributed by atoms with E-state index in [9.17, 15) is 13.2 Å². The molecule has 0 bridgehead atoms. The van der Waals surface area contributed by atoms with Crippen LogP contribution >= 0.6 is 0 Å². The minimum Gasteiger partial charge on any atom is -0.497 e. The van der Waals surface area contributed by atoms with Gasteiger partial charge in [-0.2, -0.15) is 9.10 Å². The average Bonchev–Trinajstić information content (AvgIpc) is 3.96. The molecule has 2 N–H and O–H groups in total. The van der Waals surface area contributed by atoms with Crippen molar-refractivity contribution in [3.8, 4) is 39.8 Å². The van der Waals surface area contributed by atoms with Gasteiger partial charge >= 0.3 is 6.09 Å². The number of fused-ring (bicyclic) bond motifs is 1. The predicted molar refractivity (Wildman–Crippen MR) is 266 cm³/mol. The number of ether oxygens (including phenoxy) is 4. The Morgan fingerprint density at radius 2 is 1.32 bits per heavy atom. The van der Waals surface area contributed by atoms with Crippen molar-refractivity contribution >= 4 is 45.1 Å². The maximum absolute atomic E-state index is 16.2. The van der Waals surface area contributed by atoms with Crippen LogP contribution in [0.15, 0.2) is 113 Å². The Labute approximate surface area is 404 Å². The van der Waals surface area contributed by atoms with E-state index in [0.717, 1.165) is 5.56 Å². The SMILES string of the molecule is COc1ccc(CN(Cc2ccc(OC)cc2)S(=O)(=O)c2c(S(=O)(=O)CC[Si](C)(C)C)ccc(-c3cccc4[nH]c(CNC(=O)OC(C)(C)C)nc34)c2-c2nnn(Cc3ccc(OC)cc3)n2)cc1. The monoisotopic (exact) mass is 994 g/mol. The van der Waals surface area contributed by atoms with Crippen molar-refractivity contribution in [1.29, 1.82) is 0 Å². The Morgan fingerprint density at radius 3 is 1.86 bits per heavy atom. The lowest BCUT2D eigenvalue weighted by molar-refractivity contribution is 0.0522. The Morgan fingerprint density at radius 1 is 0.754 bits per heavy atom. The summed E-state index contributed by atoms with van der Waals surface area (Å²) in [7, 11) is -6.52. The van der Waals surface area contributed by atoms with E-state index in [0.29, 0.717) is 56.8 Å². The summed E-state index contributed by atoms with van der Waals surface area (Å²) in [6.07, 6.45) is -0.635. The molecule has 0 aliphatic heterocycles. The number of nitrogens with zero attached hydrogens (tertiary/aromatic N) is 6. The third-order valence-corrected chi connectivity index (χ3v) is 16.9. The number of H-pyrrole nitrogens is 1. The number of hydrogen-bond acceptors (Lipinski definition) is 13. The predicted octanol–water partition coefficient (Wildman–Crippen LogP) is 8.49. The molecule has 17 nitrogen and oxygen atoms in total. The third-order valence-electron chi connectivity index (χ3n) is 11.0. The number of sulfone groups is 1. The molecule has 0 fully saturated rings. The van der Waals surface area contributed by atoms with Crippen LogP contribution in [0, 0.1) is 0 Å². The van der Waals surface area contributed by atoms with E-state index in [2.05, 4.69) is 40.3 Å². The van der Waals surface area contributed by atoms with E-state index >= 15 is 8.42 Å². The number of rotatable bonds is 19. The second-order valence-corrected chi connectivity index (χ2v) is 28.2. The lowest BCUT2D eigenvalue weighted by Gasteiger charge is -2.26. The van der Waals surface area contributed by atoms with Crippen molar-refractivity contribution in [2.24, 2.45) is 0 Å². The lowest BCUT2D eigenvalue weighted by Crippen LogP contribution is -2.32. The maximum Gasteiger partial charge on any atom is 0.408 e. The van der Waals surface area contributed by atoms with Gasteiger partial charge < -0.3 is 29.2 Å². The zero-order valence-corrected chi connectivity index (χ0v) is 42.9. The summed E-state index contributed by atoms with van der Waals surface area (Å²) in [6.45, 7) is 11.3. The lowest BCUT2D eigenvalue weighted by atomic mass is 9.98. The second-order valence-electron chi connectivity index (χ2n) is 18.6. The molecule has 1 amide bonds.